The maximum Gasteiger partial charge on any atom is 2.00 e. The summed E-state index contributed by atoms with van der Waals surface area (Å²) in [5.74, 6) is 2.10. The Hall–Kier alpha value is -4.50. The first-order chi connectivity index (χ1) is 23.7. The summed E-state index contributed by atoms with van der Waals surface area (Å²) >= 11 is 0. The van der Waals surface area contributed by atoms with Crippen LogP contribution in [0.1, 0.15) is 71.5 Å². The zero-order valence-electron chi connectivity index (χ0n) is 30.3. The van der Waals surface area contributed by atoms with E-state index >= 15 is 0 Å². The van der Waals surface area contributed by atoms with Gasteiger partial charge in [0.2, 0.25) is 0 Å². The minimum atomic E-state index is 0. The van der Waals surface area contributed by atoms with Crippen LogP contribution in [0.25, 0.3) is 44.4 Å². The minimum absolute atomic E-state index is 0. The molecular formula is C44H44N4OPd. The molecule has 0 fully saturated rings. The molecule has 0 saturated carbocycles. The van der Waals surface area contributed by atoms with E-state index in [2.05, 4.69) is 119 Å². The number of para-hydroxylation sites is 1. The van der Waals surface area contributed by atoms with Gasteiger partial charge in [-0.2, -0.15) is 17.2 Å². The van der Waals surface area contributed by atoms with Gasteiger partial charge >= 0.3 is 20.4 Å². The van der Waals surface area contributed by atoms with Gasteiger partial charge in [0, 0.05) is 34.5 Å². The van der Waals surface area contributed by atoms with Crippen molar-refractivity contribution in [1.29, 1.82) is 0 Å². The predicted octanol–water partition coefficient (Wildman–Crippen LogP) is 11.2. The van der Waals surface area contributed by atoms with E-state index in [1.807, 2.05) is 30.5 Å². The number of aromatic nitrogens is 4. The Labute approximate surface area is 310 Å². The molecular weight excluding hydrogens is 707 g/mol. The fourth-order valence-electron chi connectivity index (χ4n) is 7.30. The molecule has 6 heteroatoms. The van der Waals surface area contributed by atoms with Crippen molar-refractivity contribution in [2.45, 2.75) is 81.1 Å². The third kappa shape index (κ3) is 6.10. The van der Waals surface area contributed by atoms with Crippen molar-refractivity contribution in [2.24, 2.45) is 0 Å². The minimum Gasteiger partial charge on any atom is -0.509 e. The summed E-state index contributed by atoms with van der Waals surface area (Å²) in [5, 5.41) is 7.57. The van der Waals surface area contributed by atoms with Crippen molar-refractivity contribution >= 4 is 21.8 Å². The first-order valence-corrected chi connectivity index (χ1v) is 17.5. The average molecular weight is 751 g/mol. The fourth-order valence-corrected chi connectivity index (χ4v) is 7.30. The predicted molar refractivity (Wildman–Crippen MR) is 202 cm³/mol. The Bertz CT molecular complexity index is 2330. The molecule has 0 atom stereocenters. The second-order valence-corrected chi connectivity index (χ2v) is 13.3. The molecule has 0 aliphatic heterocycles. The van der Waals surface area contributed by atoms with E-state index < -0.39 is 0 Å². The molecule has 5 nitrogen and oxygen atoms in total. The largest absolute Gasteiger partial charge is 2.00 e. The summed E-state index contributed by atoms with van der Waals surface area (Å²) in [6.45, 7) is 17.9. The van der Waals surface area contributed by atoms with E-state index in [0.29, 0.717) is 11.5 Å². The molecule has 7 rings (SSSR count). The van der Waals surface area contributed by atoms with Gasteiger partial charge in [-0.1, -0.05) is 50.4 Å². The second kappa shape index (κ2) is 14.4. The number of benzene rings is 4. The number of fused-ring (bicyclic) bond motifs is 3. The number of hydrogen-bond donors (Lipinski definition) is 0. The van der Waals surface area contributed by atoms with E-state index in [4.69, 9.17) is 14.8 Å². The number of rotatable bonds is 9. The molecule has 0 saturated heterocycles. The number of ether oxygens (including phenoxy) is 1. The van der Waals surface area contributed by atoms with E-state index in [9.17, 15) is 0 Å². The third-order valence-electron chi connectivity index (χ3n) is 10.2. The number of hydrogen-bond acceptors (Lipinski definition) is 3. The summed E-state index contributed by atoms with van der Waals surface area (Å²) in [6, 6.07) is 29.9. The van der Waals surface area contributed by atoms with Crippen LogP contribution >= 0.6 is 0 Å². The number of nitrogens with zero attached hydrogens (tertiary/aromatic N) is 4. The second-order valence-electron chi connectivity index (χ2n) is 13.3. The standard InChI is InChI=1S/C44H44N4O.Pd/c1-9-14-38-44(43-31(7)29(5)28(4)30(6)32(43)8)40(15-10-2)48(46-38)33-16-13-17-34(25-33)49-35-20-21-37-36-18-11-12-19-39(36)47(41(37)26-35)42-24-27(3)22-23-45-42;/h11-13,16-24H,9-10,14-15H2,1-8H3;/q-2;+2. The molecule has 0 radical (unpaired) electrons. The quantitative estimate of drug-likeness (QED) is 0.109. The van der Waals surface area contributed by atoms with E-state index in [1.54, 1.807) is 0 Å². The molecule has 3 heterocycles. The molecule has 0 spiro atoms. The van der Waals surface area contributed by atoms with Crippen molar-refractivity contribution in [2.75, 3.05) is 0 Å². The van der Waals surface area contributed by atoms with Crippen LogP contribution in [-0.2, 0) is 33.3 Å². The van der Waals surface area contributed by atoms with Gasteiger partial charge in [-0.05, 0) is 123 Å². The first kappa shape index (κ1) is 35.3. The monoisotopic (exact) mass is 750 g/mol. The van der Waals surface area contributed by atoms with Gasteiger partial charge in [-0.25, -0.2) is 4.98 Å². The third-order valence-corrected chi connectivity index (χ3v) is 10.2. The van der Waals surface area contributed by atoms with Crippen LogP contribution in [-0.4, -0.2) is 19.3 Å². The zero-order valence-corrected chi connectivity index (χ0v) is 31.8. The number of aryl methyl sites for hydroxylation is 2. The molecule has 0 N–H and O–H groups in total. The zero-order chi connectivity index (χ0) is 34.4. The van der Waals surface area contributed by atoms with Crippen LogP contribution in [0.15, 0.2) is 72.9 Å². The maximum atomic E-state index is 6.53. The van der Waals surface area contributed by atoms with Crippen LogP contribution in [0.4, 0.5) is 0 Å². The maximum absolute atomic E-state index is 6.53. The van der Waals surface area contributed by atoms with Crippen molar-refractivity contribution in [3.05, 3.63) is 130 Å². The van der Waals surface area contributed by atoms with Crippen molar-refractivity contribution < 1.29 is 25.2 Å². The normalized spacial score (nSPS) is 11.4. The topological polar surface area (TPSA) is 44.9 Å². The van der Waals surface area contributed by atoms with Gasteiger partial charge in [0.05, 0.1) is 5.69 Å². The molecule has 0 bridgehead atoms. The molecule has 4 aromatic carbocycles. The van der Waals surface area contributed by atoms with Crippen molar-refractivity contribution in [3.63, 3.8) is 0 Å². The molecule has 50 heavy (non-hydrogen) atoms. The van der Waals surface area contributed by atoms with Gasteiger partial charge in [-0.3, -0.25) is 4.68 Å². The molecule has 0 unspecified atom stereocenters. The van der Waals surface area contributed by atoms with Gasteiger partial charge in [0.25, 0.3) is 0 Å². The van der Waals surface area contributed by atoms with Crippen molar-refractivity contribution in [1.82, 2.24) is 19.3 Å². The van der Waals surface area contributed by atoms with Crippen LogP contribution in [0.2, 0.25) is 0 Å². The fraction of sp³-hybridized carbons (Fsp3) is 0.273. The summed E-state index contributed by atoms with van der Waals surface area (Å²) in [7, 11) is 0. The smallest absolute Gasteiger partial charge is 0.509 e. The van der Waals surface area contributed by atoms with Crippen LogP contribution < -0.4 is 4.74 Å². The molecule has 0 aliphatic rings. The van der Waals surface area contributed by atoms with E-state index in [-0.39, 0.29) is 20.4 Å². The van der Waals surface area contributed by atoms with Crippen LogP contribution in [0.3, 0.4) is 0 Å². The summed E-state index contributed by atoms with van der Waals surface area (Å²) in [5.41, 5.74) is 15.9. The Morgan fingerprint density at radius 3 is 2.10 bits per heavy atom. The average Bonchev–Trinajstić information content (AvgIpc) is 3.62. The molecule has 7 aromatic rings. The number of pyridine rings is 1. The Kier molecular flexibility index (Phi) is 10.2. The SMILES string of the molecule is CCCc1nn(-c2[c-]c(Oc3[c-]c4c(cc3)c3ccccc3n4-c3cc(C)ccn3)ccc2)c(CCC)c1-c1c(C)c(C)c(C)c(C)c1C.[Pd+2]. The van der Waals surface area contributed by atoms with Crippen LogP contribution in [0, 0.1) is 53.7 Å². The van der Waals surface area contributed by atoms with E-state index in [0.717, 1.165) is 70.3 Å². The van der Waals surface area contributed by atoms with Crippen molar-refractivity contribution in [3.8, 4) is 34.1 Å². The van der Waals surface area contributed by atoms with Gasteiger partial charge < -0.3 is 9.30 Å². The van der Waals surface area contributed by atoms with Crippen LogP contribution in [0.5, 0.6) is 11.5 Å². The van der Waals surface area contributed by atoms with E-state index in [1.165, 1.54) is 44.6 Å². The summed E-state index contributed by atoms with van der Waals surface area (Å²) < 4.78 is 10.8. The first-order valence-electron chi connectivity index (χ1n) is 17.5. The molecule has 256 valence electrons. The Morgan fingerprint density at radius 2 is 1.38 bits per heavy atom. The Balaban J connectivity index is 0.00000432. The van der Waals surface area contributed by atoms with Gasteiger partial charge in [-0.15, -0.1) is 35.7 Å². The summed E-state index contributed by atoms with van der Waals surface area (Å²) in [6.07, 6.45) is 5.73. The Morgan fingerprint density at radius 1 is 0.680 bits per heavy atom. The molecule has 0 amide bonds. The summed E-state index contributed by atoms with van der Waals surface area (Å²) in [4.78, 5) is 4.72. The molecule has 3 aromatic heterocycles. The van der Waals surface area contributed by atoms with Gasteiger partial charge in [0.1, 0.15) is 5.82 Å². The molecule has 0 aliphatic carbocycles. The van der Waals surface area contributed by atoms with Gasteiger partial charge in [0.15, 0.2) is 0 Å².